The van der Waals surface area contributed by atoms with Gasteiger partial charge in [-0.15, -0.1) is 5.10 Å². The van der Waals surface area contributed by atoms with Gasteiger partial charge in [-0.1, -0.05) is 18.2 Å². The van der Waals surface area contributed by atoms with Crippen molar-refractivity contribution in [3.8, 4) is 0 Å². The van der Waals surface area contributed by atoms with Crippen LogP contribution < -0.4 is 0 Å². The molecule has 0 saturated heterocycles. The van der Waals surface area contributed by atoms with Gasteiger partial charge in [0.25, 0.3) is 5.78 Å². The first-order chi connectivity index (χ1) is 11.1. The first-order valence-corrected chi connectivity index (χ1v) is 6.87. The zero-order valence-electron chi connectivity index (χ0n) is 12.0. The molecule has 0 atom stereocenters. The molecular formula is C16H12FN3O3. The van der Waals surface area contributed by atoms with Crippen LogP contribution in [0.25, 0.3) is 0 Å². The second-order valence-corrected chi connectivity index (χ2v) is 4.89. The Kier molecular flexibility index (Phi) is 4.09. The van der Waals surface area contributed by atoms with Crippen LogP contribution in [0.5, 0.6) is 0 Å². The Labute approximate surface area is 130 Å². The van der Waals surface area contributed by atoms with Gasteiger partial charge in [-0.3, -0.25) is 14.7 Å². The number of nitrogens with zero attached hydrogens (tertiary/aromatic N) is 2. The molecule has 0 aliphatic rings. The molecule has 0 saturated carbocycles. The number of hydrogen-bond donors (Lipinski definition) is 1. The van der Waals surface area contributed by atoms with E-state index < -0.39 is 11.6 Å². The molecule has 1 N–H and O–H groups in total. The summed E-state index contributed by atoms with van der Waals surface area (Å²) in [6.45, 7) is 0. The second kappa shape index (κ2) is 6.35. The van der Waals surface area contributed by atoms with Crippen LogP contribution in [0.4, 0.5) is 4.39 Å². The van der Waals surface area contributed by atoms with Gasteiger partial charge in [-0.05, 0) is 17.7 Å². The molecule has 0 radical (unpaired) electrons. The van der Waals surface area contributed by atoms with E-state index in [0.717, 1.165) is 0 Å². The minimum atomic E-state index is -0.774. The van der Waals surface area contributed by atoms with Gasteiger partial charge < -0.3 is 4.42 Å². The van der Waals surface area contributed by atoms with Gasteiger partial charge in [0.2, 0.25) is 11.6 Å². The van der Waals surface area contributed by atoms with Crippen molar-refractivity contribution in [3.63, 3.8) is 0 Å². The van der Waals surface area contributed by atoms with Gasteiger partial charge in [0, 0.05) is 18.4 Å². The monoisotopic (exact) mass is 313 g/mol. The summed E-state index contributed by atoms with van der Waals surface area (Å²) in [6.07, 6.45) is 2.70. The molecule has 1 aromatic carbocycles. The number of Topliss-reactive ketones (excluding diaryl/α,β-unsaturated/α-hetero) is 2. The number of hydrogen-bond acceptors (Lipinski definition) is 5. The average molecular weight is 313 g/mol. The molecule has 7 heteroatoms. The van der Waals surface area contributed by atoms with Crippen LogP contribution in [-0.4, -0.2) is 26.7 Å². The summed E-state index contributed by atoms with van der Waals surface area (Å²) in [5.41, 5.74) is 0.999. The zero-order chi connectivity index (χ0) is 16.2. The number of halogens is 1. The largest absolute Gasteiger partial charge is 0.469 e. The lowest BCUT2D eigenvalue weighted by atomic mass is 10.0. The van der Waals surface area contributed by atoms with Crippen molar-refractivity contribution in [1.29, 1.82) is 0 Å². The van der Waals surface area contributed by atoms with E-state index in [2.05, 4.69) is 15.2 Å². The summed E-state index contributed by atoms with van der Waals surface area (Å²) in [7, 11) is 0. The Hall–Kier alpha value is -3.09. The Morgan fingerprint density at radius 3 is 2.74 bits per heavy atom. The van der Waals surface area contributed by atoms with Crippen LogP contribution in [0.2, 0.25) is 0 Å². The van der Waals surface area contributed by atoms with Crippen LogP contribution in [0, 0.1) is 5.82 Å². The molecule has 23 heavy (non-hydrogen) atoms. The van der Waals surface area contributed by atoms with Crippen molar-refractivity contribution in [1.82, 2.24) is 15.2 Å². The van der Waals surface area contributed by atoms with Crippen LogP contribution >= 0.6 is 0 Å². The fourth-order valence-electron chi connectivity index (χ4n) is 2.19. The van der Waals surface area contributed by atoms with E-state index in [1.165, 1.54) is 18.7 Å². The van der Waals surface area contributed by atoms with Crippen molar-refractivity contribution >= 4 is 11.6 Å². The highest BCUT2D eigenvalue weighted by molar-refractivity contribution is 6.43. The van der Waals surface area contributed by atoms with Crippen molar-refractivity contribution < 1.29 is 18.4 Å². The number of carbonyl (C=O) groups is 2. The van der Waals surface area contributed by atoms with Gasteiger partial charge in [-0.2, -0.15) is 0 Å². The van der Waals surface area contributed by atoms with Crippen LogP contribution in [0.15, 0.2) is 47.3 Å². The second-order valence-electron chi connectivity index (χ2n) is 4.89. The summed E-state index contributed by atoms with van der Waals surface area (Å²) >= 11 is 0. The van der Waals surface area contributed by atoms with Gasteiger partial charge in [0.05, 0.1) is 6.26 Å². The minimum Gasteiger partial charge on any atom is -0.469 e. The van der Waals surface area contributed by atoms with E-state index in [1.54, 1.807) is 24.3 Å². The first-order valence-electron chi connectivity index (χ1n) is 6.87. The highest BCUT2D eigenvalue weighted by atomic mass is 19.1. The van der Waals surface area contributed by atoms with Gasteiger partial charge in [-0.25, -0.2) is 9.37 Å². The lowest BCUT2D eigenvalue weighted by Gasteiger charge is -2.03. The molecule has 0 bridgehead atoms. The topological polar surface area (TPSA) is 88.9 Å². The maximum Gasteiger partial charge on any atom is 0.267 e. The van der Waals surface area contributed by atoms with Crippen molar-refractivity contribution in [3.05, 3.63) is 71.5 Å². The summed E-state index contributed by atoms with van der Waals surface area (Å²) in [5, 5.41) is 5.97. The number of benzene rings is 1. The normalized spacial score (nSPS) is 10.7. The number of furan rings is 1. The lowest BCUT2D eigenvalue weighted by Crippen LogP contribution is -2.18. The molecule has 0 amide bonds. The number of aromatic amines is 1. The molecular weight excluding hydrogens is 301 g/mol. The number of rotatable bonds is 6. The maximum absolute atomic E-state index is 13.7. The van der Waals surface area contributed by atoms with E-state index in [9.17, 15) is 14.0 Å². The number of ketones is 2. The van der Waals surface area contributed by atoms with Crippen molar-refractivity contribution in [2.24, 2.45) is 0 Å². The fourth-order valence-corrected chi connectivity index (χ4v) is 2.19. The fraction of sp³-hybridized carbons (Fsp3) is 0.125. The highest BCUT2D eigenvalue weighted by Crippen LogP contribution is 2.19. The lowest BCUT2D eigenvalue weighted by molar-refractivity contribution is -0.114. The molecule has 0 spiro atoms. The molecule has 2 aromatic heterocycles. The standard InChI is InChI=1S/C16H12FN3O3/c17-12-4-2-1-3-10(12)8-14-11(5-6-23-14)7-13(21)15(22)16-18-9-19-20-16/h1-6,9H,7-8H2,(H,18,19,20). The summed E-state index contributed by atoms with van der Waals surface area (Å²) in [4.78, 5) is 27.6. The van der Waals surface area contributed by atoms with Crippen LogP contribution in [-0.2, 0) is 17.6 Å². The van der Waals surface area contributed by atoms with Crippen molar-refractivity contribution in [2.45, 2.75) is 12.8 Å². The Balaban J connectivity index is 1.75. The quantitative estimate of drug-likeness (QED) is 0.556. The third-order valence-corrected chi connectivity index (χ3v) is 3.37. The smallest absolute Gasteiger partial charge is 0.267 e. The number of aromatic nitrogens is 3. The van der Waals surface area contributed by atoms with Gasteiger partial charge in [0.1, 0.15) is 17.9 Å². The number of carbonyl (C=O) groups excluding carboxylic acids is 2. The van der Waals surface area contributed by atoms with Crippen LogP contribution in [0.3, 0.4) is 0 Å². The van der Waals surface area contributed by atoms with Gasteiger partial charge >= 0.3 is 0 Å². The molecule has 116 valence electrons. The van der Waals surface area contributed by atoms with Crippen molar-refractivity contribution in [2.75, 3.05) is 0 Å². The molecule has 0 aliphatic carbocycles. The number of nitrogens with one attached hydrogen (secondary N) is 1. The Bertz CT molecular complexity index is 840. The third kappa shape index (κ3) is 3.23. The summed E-state index contributed by atoms with van der Waals surface area (Å²) in [6, 6.07) is 7.91. The van der Waals surface area contributed by atoms with E-state index >= 15 is 0 Å². The third-order valence-electron chi connectivity index (χ3n) is 3.37. The van der Waals surface area contributed by atoms with Gasteiger partial charge in [0.15, 0.2) is 0 Å². The Morgan fingerprint density at radius 2 is 2.00 bits per heavy atom. The Morgan fingerprint density at radius 1 is 1.17 bits per heavy atom. The highest BCUT2D eigenvalue weighted by Gasteiger charge is 2.22. The van der Waals surface area contributed by atoms with E-state index in [4.69, 9.17) is 4.42 Å². The molecule has 0 aliphatic heterocycles. The zero-order valence-corrected chi connectivity index (χ0v) is 12.0. The first kappa shape index (κ1) is 14.8. The van der Waals surface area contributed by atoms with E-state index in [0.29, 0.717) is 16.9 Å². The summed E-state index contributed by atoms with van der Waals surface area (Å²) in [5.74, 6) is -1.50. The predicted octanol–water partition coefficient (Wildman–Crippen LogP) is 2.12. The maximum atomic E-state index is 13.7. The SMILES string of the molecule is O=C(Cc1ccoc1Cc1ccccc1F)C(=O)c1nc[nH]n1. The molecule has 3 rings (SSSR count). The average Bonchev–Trinajstić information content (AvgIpc) is 3.21. The summed E-state index contributed by atoms with van der Waals surface area (Å²) < 4.78 is 19.0. The molecule has 0 fully saturated rings. The number of H-pyrrole nitrogens is 1. The van der Waals surface area contributed by atoms with E-state index in [1.807, 2.05) is 0 Å². The predicted molar refractivity (Wildman–Crippen MR) is 77.3 cm³/mol. The molecule has 6 nitrogen and oxygen atoms in total. The van der Waals surface area contributed by atoms with E-state index in [-0.39, 0.29) is 24.5 Å². The molecule has 2 heterocycles. The molecule has 3 aromatic rings. The molecule has 0 unspecified atom stereocenters. The minimum absolute atomic E-state index is 0.145. The van der Waals surface area contributed by atoms with Crippen LogP contribution in [0.1, 0.15) is 27.5 Å².